The number of methoxy groups -OCH3 is 1. The van der Waals surface area contributed by atoms with E-state index >= 15 is 0 Å². The van der Waals surface area contributed by atoms with Crippen molar-refractivity contribution in [2.45, 2.75) is 75.9 Å². The number of nitrogens with one attached hydrogen (secondary N) is 1. The molecule has 1 unspecified atom stereocenters. The smallest absolute Gasteiger partial charge is 0.264 e. The molecule has 0 aromatic heterocycles. The Balaban J connectivity index is 1.67. The predicted molar refractivity (Wildman–Crippen MR) is 171 cm³/mol. The fourth-order valence-corrected chi connectivity index (χ4v) is 6.93. The number of carbonyl (C=O) groups is 2. The molecule has 0 aliphatic heterocycles. The minimum Gasteiger partial charge on any atom is -0.497 e. The number of anilines is 1. The van der Waals surface area contributed by atoms with Gasteiger partial charge in [0.15, 0.2) is 0 Å². The lowest BCUT2D eigenvalue weighted by Crippen LogP contribution is -2.54. The fraction of sp³-hybridized carbons (Fsp3) is 0.412. The highest BCUT2D eigenvalue weighted by Crippen LogP contribution is 2.26. The topological polar surface area (TPSA) is 105 Å². The van der Waals surface area contributed by atoms with Crippen LogP contribution >= 0.6 is 0 Å². The fourth-order valence-electron chi connectivity index (χ4n) is 5.52. The van der Waals surface area contributed by atoms with Crippen molar-refractivity contribution in [3.63, 3.8) is 0 Å². The van der Waals surface area contributed by atoms with Crippen molar-refractivity contribution in [2.75, 3.05) is 24.6 Å². The van der Waals surface area contributed by atoms with Gasteiger partial charge < -0.3 is 19.7 Å². The van der Waals surface area contributed by atoms with E-state index < -0.39 is 28.5 Å². The average Bonchev–Trinajstić information content (AvgIpc) is 3.05. The Morgan fingerprint density at radius 2 is 1.52 bits per heavy atom. The van der Waals surface area contributed by atoms with Crippen molar-refractivity contribution in [1.82, 2.24) is 10.2 Å². The Bertz CT molecular complexity index is 1460. The molecular formula is C34H43N3O6S. The molecule has 1 aliphatic rings. The van der Waals surface area contributed by atoms with Crippen LogP contribution in [0.1, 0.15) is 57.9 Å². The predicted octanol–water partition coefficient (Wildman–Crippen LogP) is 5.55. The van der Waals surface area contributed by atoms with Crippen LogP contribution in [0.25, 0.3) is 0 Å². The Morgan fingerprint density at radius 3 is 2.11 bits per heavy atom. The molecule has 1 atom stereocenters. The first-order valence-electron chi connectivity index (χ1n) is 15.3. The Kier molecular flexibility index (Phi) is 11.7. The molecule has 1 N–H and O–H groups in total. The summed E-state index contributed by atoms with van der Waals surface area (Å²) in [5.74, 6) is 0.520. The second-order valence-corrected chi connectivity index (χ2v) is 12.8. The van der Waals surface area contributed by atoms with Crippen LogP contribution in [0.15, 0.2) is 83.8 Å². The summed E-state index contributed by atoms with van der Waals surface area (Å²) in [6, 6.07) is 21.3. The highest BCUT2D eigenvalue weighted by atomic mass is 32.2. The molecule has 2 amide bonds. The molecule has 1 saturated carbocycles. The zero-order chi connectivity index (χ0) is 31.5. The molecule has 0 radical (unpaired) electrons. The SMILES string of the molecule is CCOc1ccc(S(=O)(=O)N(CC(=O)N(Cc2ccc(OC)cc2)C(CC)C(=O)NC2CCCCC2)c2ccccc2)cc1. The van der Waals surface area contributed by atoms with Gasteiger partial charge in [0.2, 0.25) is 11.8 Å². The molecule has 44 heavy (non-hydrogen) atoms. The lowest BCUT2D eigenvalue weighted by molar-refractivity contribution is -0.140. The van der Waals surface area contributed by atoms with Gasteiger partial charge in [0.25, 0.3) is 10.0 Å². The van der Waals surface area contributed by atoms with Crippen molar-refractivity contribution in [3.8, 4) is 11.5 Å². The third kappa shape index (κ3) is 8.31. The first kappa shape index (κ1) is 32.9. The maximum absolute atomic E-state index is 14.3. The molecular weight excluding hydrogens is 578 g/mol. The first-order valence-corrected chi connectivity index (χ1v) is 16.7. The third-order valence-corrected chi connectivity index (χ3v) is 9.68. The van der Waals surface area contributed by atoms with Crippen LogP contribution in [0.4, 0.5) is 5.69 Å². The number of rotatable bonds is 14. The number of nitrogens with zero attached hydrogens (tertiary/aromatic N) is 2. The highest BCUT2D eigenvalue weighted by Gasteiger charge is 2.34. The summed E-state index contributed by atoms with van der Waals surface area (Å²) in [5, 5.41) is 3.17. The summed E-state index contributed by atoms with van der Waals surface area (Å²) < 4.78 is 40.0. The van der Waals surface area contributed by atoms with Gasteiger partial charge in [-0.05, 0) is 80.3 Å². The largest absolute Gasteiger partial charge is 0.497 e. The van der Waals surface area contributed by atoms with Gasteiger partial charge in [0, 0.05) is 12.6 Å². The monoisotopic (exact) mass is 621 g/mol. The average molecular weight is 622 g/mol. The lowest BCUT2D eigenvalue weighted by Gasteiger charge is -2.34. The normalized spacial score (nSPS) is 14.3. The number of ether oxygens (including phenoxy) is 2. The third-order valence-electron chi connectivity index (χ3n) is 7.90. The Labute approximate surface area is 261 Å². The van der Waals surface area contributed by atoms with Gasteiger partial charge in [-0.25, -0.2) is 8.42 Å². The number of para-hydroxylation sites is 1. The van der Waals surface area contributed by atoms with Crippen LogP contribution in [0, 0.1) is 0 Å². The van der Waals surface area contributed by atoms with Crippen LogP contribution in [0.3, 0.4) is 0 Å². The number of carbonyl (C=O) groups excluding carboxylic acids is 2. The van der Waals surface area contributed by atoms with E-state index in [0.717, 1.165) is 42.0 Å². The van der Waals surface area contributed by atoms with Crippen LogP contribution in [0.2, 0.25) is 0 Å². The number of hydrogen-bond donors (Lipinski definition) is 1. The van der Waals surface area contributed by atoms with Crippen LogP contribution < -0.4 is 19.1 Å². The van der Waals surface area contributed by atoms with E-state index in [1.807, 2.05) is 26.0 Å². The molecule has 9 nitrogen and oxygen atoms in total. The van der Waals surface area contributed by atoms with Gasteiger partial charge >= 0.3 is 0 Å². The Hall–Kier alpha value is -4.05. The molecule has 0 spiro atoms. The molecule has 3 aromatic rings. The number of sulfonamides is 1. The minimum atomic E-state index is -4.16. The quantitative estimate of drug-likeness (QED) is 0.253. The summed E-state index contributed by atoms with van der Waals surface area (Å²) in [4.78, 5) is 29.5. The van der Waals surface area contributed by atoms with Crippen LogP contribution in [-0.2, 0) is 26.2 Å². The number of amides is 2. The molecule has 0 saturated heterocycles. The molecule has 4 rings (SSSR count). The van der Waals surface area contributed by atoms with Crippen molar-refractivity contribution in [1.29, 1.82) is 0 Å². The standard InChI is InChI=1S/C34H43N3O6S/c1-4-32(34(39)35-27-12-8-6-9-13-27)36(24-26-16-18-29(42-3)19-17-26)33(38)25-37(28-14-10-7-11-15-28)44(40,41)31-22-20-30(21-23-31)43-5-2/h7,10-11,14-23,27,32H,4-6,8-9,12-13,24-25H2,1-3H3,(H,35,39). The van der Waals surface area contributed by atoms with E-state index in [1.54, 1.807) is 61.7 Å². The number of benzene rings is 3. The molecule has 10 heteroatoms. The van der Waals surface area contributed by atoms with Crippen molar-refractivity contribution < 1.29 is 27.5 Å². The highest BCUT2D eigenvalue weighted by molar-refractivity contribution is 7.92. The van der Waals surface area contributed by atoms with Crippen LogP contribution in [0.5, 0.6) is 11.5 Å². The Morgan fingerprint density at radius 1 is 0.886 bits per heavy atom. The van der Waals surface area contributed by atoms with Gasteiger partial charge in [0.1, 0.15) is 24.1 Å². The van der Waals surface area contributed by atoms with Crippen LogP contribution in [-0.4, -0.2) is 57.5 Å². The van der Waals surface area contributed by atoms with Gasteiger partial charge in [-0.2, -0.15) is 0 Å². The van der Waals surface area contributed by atoms with Crippen molar-refractivity contribution in [2.24, 2.45) is 0 Å². The maximum Gasteiger partial charge on any atom is 0.264 e. The second-order valence-electron chi connectivity index (χ2n) is 10.9. The molecule has 1 aliphatic carbocycles. The molecule has 3 aromatic carbocycles. The van der Waals surface area contributed by atoms with E-state index in [0.29, 0.717) is 30.2 Å². The van der Waals surface area contributed by atoms with Gasteiger partial charge in [-0.15, -0.1) is 0 Å². The first-order chi connectivity index (χ1) is 21.3. The van der Waals surface area contributed by atoms with Gasteiger partial charge in [-0.1, -0.05) is 56.5 Å². The molecule has 0 heterocycles. The lowest BCUT2D eigenvalue weighted by atomic mass is 9.95. The maximum atomic E-state index is 14.3. The van der Waals surface area contributed by atoms with Crippen molar-refractivity contribution in [3.05, 3.63) is 84.4 Å². The molecule has 0 bridgehead atoms. The summed E-state index contributed by atoms with van der Waals surface area (Å²) in [6.45, 7) is 3.82. The number of hydrogen-bond acceptors (Lipinski definition) is 6. The summed E-state index contributed by atoms with van der Waals surface area (Å²) in [6.07, 6.45) is 5.48. The second kappa shape index (κ2) is 15.6. The van der Waals surface area contributed by atoms with E-state index in [2.05, 4.69) is 5.32 Å². The van der Waals surface area contributed by atoms with Crippen molar-refractivity contribution >= 4 is 27.5 Å². The molecule has 1 fully saturated rings. The molecule has 236 valence electrons. The minimum absolute atomic E-state index is 0.0291. The van der Waals surface area contributed by atoms with E-state index in [9.17, 15) is 18.0 Å². The van der Waals surface area contributed by atoms with E-state index in [-0.39, 0.29) is 23.4 Å². The van der Waals surface area contributed by atoms with Gasteiger partial charge in [-0.3, -0.25) is 13.9 Å². The van der Waals surface area contributed by atoms with Gasteiger partial charge in [0.05, 0.1) is 24.3 Å². The zero-order valence-electron chi connectivity index (χ0n) is 25.8. The summed E-state index contributed by atoms with van der Waals surface area (Å²) >= 11 is 0. The zero-order valence-corrected chi connectivity index (χ0v) is 26.6. The van der Waals surface area contributed by atoms with E-state index in [1.165, 1.54) is 17.0 Å². The van der Waals surface area contributed by atoms with E-state index in [4.69, 9.17) is 9.47 Å². The summed E-state index contributed by atoms with van der Waals surface area (Å²) in [7, 11) is -2.58. The summed E-state index contributed by atoms with van der Waals surface area (Å²) in [5.41, 5.74) is 1.14.